The molecule has 7 nitrogen and oxygen atoms in total. The van der Waals surface area contributed by atoms with Crippen molar-refractivity contribution in [2.45, 2.75) is 31.8 Å². The van der Waals surface area contributed by atoms with Gasteiger partial charge in [-0.3, -0.25) is 0 Å². The van der Waals surface area contributed by atoms with Crippen LogP contribution in [0.2, 0.25) is 0 Å². The van der Waals surface area contributed by atoms with E-state index >= 15 is 0 Å². The van der Waals surface area contributed by atoms with E-state index in [0.29, 0.717) is 17.4 Å². The number of para-hydroxylation sites is 1. The lowest BCUT2D eigenvalue weighted by Gasteiger charge is -2.32. The van der Waals surface area contributed by atoms with E-state index < -0.39 is 0 Å². The second-order valence-electron chi connectivity index (χ2n) is 6.57. The van der Waals surface area contributed by atoms with Gasteiger partial charge in [0.15, 0.2) is 11.5 Å². The third-order valence-electron chi connectivity index (χ3n) is 5.13. The number of tetrazole rings is 1. The lowest BCUT2D eigenvalue weighted by Crippen LogP contribution is -2.28. The third-order valence-corrected chi connectivity index (χ3v) is 5.13. The highest BCUT2D eigenvalue weighted by Crippen LogP contribution is 2.43. The normalized spacial score (nSPS) is 18.5. The van der Waals surface area contributed by atoms with Crippen LogP contribution < -0.4 is 14.8 Å². The van der Waals surface area contributed by atoms with Gasteiger partial charge in [0.2, 0.25) is 5.95 Å². The molecule has 1 aromatic heterocycles. The van der Waals surface area contributed by atoms with E-state index in [1.807, 2.05) is 22.9 Å². The Balaban J connectivity index is 1.75. The minimum Gasteiger partial charge on any atom is -0.493 e. The maximum atomic E-state index is 5.66. The smallest absolute Gasteiger partial charge is 0.243 e. The predicted molar refractivity (Wildman–Crippen MR) is 102 cm³/mol. The van der Waals surface area contributed by atoms with E-state index in [4.69, 9.17) is 9.47 Å². The average Bonchev–Trinajstić information content (AvgIpc) is 3.21. The SMILES string of the molecule is CCc1ccc([C@H]2C[C@H](c3cccc(OC)c3OC)n3nnnc3N2)cc1. The molecule has 0 unspecified atom stereocenters. The van der Waals surface area contributed by atoms with Crippen LogP contribution in [0.15, 0.2) is 42.5 Å². The Bertz CT molecular complexity index is 922. The molecule has 3 aromatic rings. The summed E-state index contributed by atoms with van der Waals surface area (Å²) in [6.07, 6.45) is 1.83. The predicted octanol–water partition coefficient (Wildman–Crippen LogP) is 3.40. The van der Waals surface area contributed by atoms with E-state index in [0.717, 1.165) is 18.4 Å². The van der Waals surface area contributed by atoms with E-state index in [1.54, 1.807) is 14.2 Å². The quantitative estimate of drug-likeness (QED) is 0.747. The molecule has 2 heterocycles. The molecule has 1 N–H and O–H groups in total. The van der Waals surface area contributed by atoms with Gasteiger partial charge in [0, 0.05) is 5.56 Å². The second kappa shape index (κ2) is 7.26. The molecule has 0 fully saturated rings. The topological polar surface area (TPSA) is 74.1 Å². The van der Waals surface area contributed by atoms with Crippen LogP contribution in [0.25, 0.3) is 0 Å². The van der Waals surface area contributed by atoms with Crippen LogP contribution in [-0.4, -0.2) is 34.4 Å². The summed E-state index contributed by atoms with van der Waals surface area (Å²) in [6.45, 7) is 2.16. The number of fused-ring (bicyclic) bond motifs is 1. The third kappa shape index (κ3) is 3.09. The molecule has 4 rings (SSSR count). The summed E-state index contributed by atoms with van der Waals surface area (Å²) in [5, 5.41) is 15.7. The van der Waals surface area contributed by atoms with Crippen molar-refractivity contribution in [3.63, 3.8) is 0 Å². The Kier molecular flexibility index (Phi) is 4.66. The van der Waals surface area contributed by atoms with Gasteiger partial charge in [-0.2, -0.15) is 0 Å². The Hall–Kier alpha value is -3.09. The maximum absolute atomic E-state index is 5.66. The maximum Gasteiger partial charge on any atom is 0.243 e. The molecule has 2 aromatic carbocycles. The lowest BCUT2D eigenvalue weighted by molar-refractivity contribution is 0.339. The van der Waals surface area contributed by atoms with Gasteiger partial charge in [-0.05, 0) is 40.5 Å². The number of aryl methyl sites for hydroxylation is 1. The zero-order valence-electron chi connectivity index (χ0n) is 15.7. The molecule has 0 spiro atoms. The number of rotatable bonds is 5. The van der Waals surface area contributed by atoms with Crippen LogP contribution in [0.1, 0.15) is 42.1 Å². The average molecular weight is 365 g/mol. The van der Waals surface area contributed by atoms with E-state index in [9.17, 15) is 0 Å². The fourth-order valence-corrected chi connectivity index (χ4v) is 3.67. The van der Waals surface area contributed by atoms with Gasteiger partial charge in [0.25, 0.3) is 0 Å². The summed E-state index contributed by atoms with van der Waals surface area (Å²) >= 11 is 0. The first-order valence-electron chi connectivity index (χ1n) is 9.09. The van der Waals surface area contributed by atoms with E-state index in [-0.39, 0.29) is 12.1 Å². The number of hydrogen-bond acceptors (Lipinski definition) is 6. The fourth-order valence-electron chi connectivity index (χ4n) is 3.67. The number of aromatic nitrogens is 4. The summed E-state index contributed by atoms with van der Waals surface area (Å²) in [4.78, 5) is 0. The largest absolute Gasteiger partial charge is 0.493 e. The highest BCUT2D eigenvalue weighted by atomic mass is 16.5. The summed E-state index contributed by atoms with van der Waals surface area (Å²) in [5.41, 5.74) is 3.54. The molecular weight excluding hydrogens is 342 g/mol. The van der Waals surface area contributed by atoms with Crippen LogP contribution in [-0.2, 0) is 6.42 Å². The molecule has 0 amide bonds. The number of ether oxygens (including phenoxy) is 2. The molecule has 140 valence electrons. The van der Waals surface area contributed by atoms with Crippen LogP contribution in [0.3, 0.4) is 0 Å². The van der Waals surface area contributed by atoms with Crippen molar-refractivity contribution in [2.24, 2.45) is 0 Å². The molecule has 2 atom stereocenters. The van der Waals surface area contributed by atoms with Crippen molar-refractivity contribution >= 4 is 5.95 Å². The van der Waals surface area contributed by atoms with Crippen molar-refractivity contribution in [2.75, 3.05) is 19.5 Å². The van der Waals surface area contributed by atoms with Crippen molar-refractivity contribution in [1.82, 2.24) is 20.2 Å². The molecule has 0 saturated carbocycles. The highest BCUT2D eigenvalue weighted by Gasteiger charge is 2.33. The van der Waals surface area contributed by atoms with Gasteiger partial charge in [0.05, 0.1) is 26.3 Å². The first-order chi connectivity index (χ1) is 13.2. The monoisotopic (exact) mass is 365 g/mol. The summed E-state index contributed by atoms with van der Waals surface area (Å²) < 4.78 is 12.9. The van der Waals surface area contributed by atoms with Gasteiger partial charge in [-0.1, -0.05) is 48.4 Å². The molecular formula is C20H23N5O2. The van der Waals surface area contributed by atoms with E-state index in [2.05, 4.69) is 52.0 Å². The Labute approximate surface area is 158 Å². The van der Waals surface area contributed by atoms with Gasteiger partial charge in [-0.25, -0.2) is 4.68 Å². The van der Waals surface area contributed by atoms with Crippen molar-refractivity contribution in [3.05, 3.63) is 59.2 Å². The van der Waals surface area contributed by atoms with Gasteiger partial charge >= 0.3 is 0 Å². The Morgan fingerprint density at radius 3 is 2.63 bits per heavy atom. The van der Waals surface area contributed by atoms with Crippen LogP contribution in [0, 0.1) is 0 Å². The molecule has 7 heteroatoms. The van der Waals surface area contributed by atoms with Crippen LogP contribution >= 0.6 is 0 Å². The minimum absolute atomic E-state index is 0.0582. The molecule has 1 aliphatic heterocycles. The molecule has 27 heavy (non-hydrogen) atoms. The van der Waals surface area contributed by atoms with Crippen LogP contribution in [0.4, 0.5) is 5.95 Å². The molecule has 0 saturated heterocycles. The summed E-state index contributed by atoms with van der Waals surface area (Å²) in [5.74, 6) is 2.07. The van der Waals surface area contributed by atoms with Gasteiger partial charge in [0.1, 0.15) is 0 Å². The van der Waals surface area contributed by atoms with E-state index in [1.165, 1.54) is 11.1 Å². The Morgan fingerprint density at radius 2 is 1.93 bits per heavy atom. The Morgan fingerprint density at radius 1 is 1.11 bits per heavy atom. The number of nitrogens with one attached hydrogen (secondary N) is 1. The number of benzene rings is 2. The minimum atomic E-state index is -0.0582. The second-order valence-corrected chi connectivity index (χ2v) is 6.57. The number of hydrogen-bond donors (Lipinski definition) is 1. The molecule has 0 aliphatic carbocycles. The molecule has 0 radical (unpaired) electrons. The first kappa shape index (κ1) is 17.3. The summed E-state index contributed by atoms with van der Waals surface area (Å²) in [6, 6.07) is 14.7. The lowest BCUT2D eigenvalue weighted by atomic mass is 9.92. The zero-order valence-corrected chi connectivity index (χ0v) is 15.7. The van der Waals surface area contributed by atoms with Crippen LogP contribution in [0.5, 0.6) is 11.5 Å². The first-order valence-corrected chi connectivity index (χ1v) is 9.09. The standard InChI is InChI=1S/C20H23N5O2/c1-4-13-8-10-14(11-9-13)16-12-17(25-20(21-16)22-23-24-25)15-6-5-7-18(26-2)19(15)27-3/h5-11,16-17H,4,12H2,1-3H3,(H,21,22,24)/t16-,17-/m1/s1. The highest BCUT2D eigenvalue weighted by molar-refractivity contribution is 5.50. The number of nitrogens with zero attached hydrogens (tertiary/aromatic N) is 4. The molecule has 0 bridgehead atoms. The summed E-state index contributed by atoms with van der Waals surface area (Å²) in [7, 11) is 3.30. The van der Waals surface area contributed by atoms with Gasteiger partial charge < -0.3 is 14.8 Å². The van der Waals surface area contributed by atoms with Crippen molar-refractivity contribution < 1.29 is 9.47 Å². The van der Waals surface area contributed by atoms with Crippen molar-refractivity contribution in [3.8, 4) is 11.5 Å². The fraction of sp³-hybridized carbons (Fsp3) is 0.350. The molecule has 1 aliphatic rings. The van der Waals surface area contributed by atoms with Gasteiger partial charge in [-0.15, -0.1) is 0 Å². The zero-order chi connectivity index (χ0) is 18.8. The number of methoxy groups -OCH3 is 2. The number of anilines is 1. The van der Waals surface area contributed by atoms with Crippen molar-refractivity contribution in [1.29, 1.82) is 0 Å².